The van der Waals surface area contributed by atoms with Gasteiger partial charge in [0, 0.05) is 19.3 Å². The summed E-state index contributed by atoms with van der Waals surface area (Å²) in [5.74, 6) is -0.210. The number of carbonyl (C=O) groups is 1. The Morgan fingerprint density at radius 1 is 1.53 bits per heavy atom. The molecule has 1 aromatic rings. The largest absolute Gasteiger partial charge is 0.368 e. The topological polar surface area (TPSA) is 54.0 Å². The molecule has 0 radical (unpaired) electrons. The van der Waals surface area contributed by atoms with Gasteiger partial charge in [-0.25, -0.2) is 9.37 Å². The van der Waals surface area contributed by atoms with Gasteiger partial charge in [-0.2, -0.15) is 0 Å². The lowest BCUT2D eigenvalue weighted by molar-refractivity contribution is 0.0935. The molecule has 0 spiro atoms. The summed E-state index contributed by atoms with van der Waals surface area (Å²) >= 11 is 0. The molecule has 2 N–H and O–H groups in total. The van der Waals surface area contributed by atoms with Gasteiger partial charge in [0.15, 0.2) is 11.6 Å². The van der Waals surface area contributed by atoms with Crippen molar-refractivity contribution in [2.75, 3.05) is 18.4 Å². The maximum absolute atomic E-state index is 14.1. The van der Waals surface area contributed by atoms with Crippen LogP contribution in [0.3, 0.4) is 0 Å². The first-order valence-electron chi connectivity index (χ1n) is 6.89. The Morgan fingerprint density at radius 2 is 2.32 bits per heavy atom. The van der Waals surface area contributed by atoms with Gasteiger partial charge in [-0.3, -0.25) is 4.79 Å². The van der Waals surface area contributed by atoms with Crippen LogP contribution >= 0.6 is 0 Å². The molecule has 104 valence electrons. The average Bonchev–Trinajstić information content (AvgIpc) is 2.35. The lowest BCUT2D eigenvalue weighted by Crippen LogP contribution is -2.32. The van der Waals surface area contributed by atoms with E-state index in [0.29, 0.717) is 19.0 Å². The van der Waals surface area contributed by atoms with Gasteiger partial charge in [-0.15, -0.1) is 0 Å². The molecule has 5 heteroatoms. The fraction of sp³-hybridized carbons (Fsp3) is 0.571. The Labute approximate surface area is 112 Å². The van der Waals surface area contributed by atoms with E-state index in [1.54, 1.807) is 0 Å². The van der Waals surface area contributed by atoms with Crippen molar-refractivity contribution >= 4 is 11.7 Å². The third-order valence-corrected chi connectivity index (χ3v) is 3.45. The van der Waals surface area contributed by atoms with Crippen molar-refractivity contribution in [1.29, 1.82) is 0 Å². The Hall–Kier alpha value is -1.65. The quantitative estimate of drug-likeness (QED) is 0.831. The Bertz CT molecular complexity index is 446. The lowest BCUT2D eigenvalue weighted by Gasteiger charge is -2.25. The van der Waals surface area contributed by atoms with Gasteiger partial charge in [0.1, 0.15) is 0 Å². The number of amides is 1. The summed E-state index contributed by atoms with van der Waals surface area (Å²) in [6.45, 7) is 3.26. The van der Waals surface area contributed by atoms with E-state index in [-0.39, 0.29) is 17.3 Å². The van der Waals surface area contributed by atoms with Crippen LogP contribution in [-0.2, 0) is 0 Å². The molecule has 0 saturated heterocycles. The molecule has 1 fully saturated rings. The number of nitrogens with one attached hydrogen (secondary N) is 2. The van der Waals surface area contributed by atoms with Crippen LogP contribution < -0.4 is 10.6 Å². The zero-order valence-electron chi connectivity index (χ0n) is 11.2. The van der Waals surface area contributed by atoms with E-state index in [4.69, 9.17) is 0 Å². The highest BCUT2D eigenvalue weighted by Gasteiger charge is 2.20. The van der Waals surface area contributed by atoms with E-state index < -0.39 is 5.82 Å². The zero-order valence-corrected chi connectivity index (χ0v) is 11.2. The van der Waals surface area contributed by atoms with Crippen LogP contribution in [0.5, 0.6) is 0 Å². The van der Waals surface area contributed by atoms with Crippen LogP contribution in [0.2, 0.25) is 0 Å². The van der Waals surface area contributed by atoms with Crippen molar-refractivity contribution in [2.24, 2.45) is 5.92 Å². The standard InChI is InChI=1S/C14H20FN3O/c1-2-7-16-13-12(15)11(6-8-17-13)14(19)18-9-10-4-3-5-10/h6,8,10H,2-5,7,9H2,1H3,(H,16,17)(H,18,19). The fourth-order valence-corrected chi connectivity index (χ4v) is 2.01. The second-order valence-electron chi connectivity index (χ2n) is 4.95. The van der Waals surface area contributed by atoms with E-state index in [1.165, 1.54) is 18.7 Å². The summed E-state index contributed by atoms with van der Waals surface area (Å²) in [4.78, 5) is 15.8. The van der Waals surface area contributed by atoms with Crippen LogP contribution in [0.4, 0.5) is 10.2 Å². The summed E-state index contributed by atoms with van der Waals surface area (Å²) in [6.07, 6.45) is 5.87. The molecule has 1 heterocycles. The molecule has 1 aliphatic carbocycles. The van der Waals surface area contributed by atoms with Crippen LogP contribution in [-0.4, -0.2) is 24.0 Å². The minimum Gasteiger partial charge on any atom is -0.368 e. The first-order chi connectivity index (χ1) is 9.22. The molecule has 4 nitrogen and oxygen atoms in total. The third-order valence-electron chi connectivity index (χ3n) is 3.45. The van der Waals surface area contributed by atoms with Crippen LogP contribution in [0.25, 0.3) is 0 Å². The summed E-state index contributed by atoms with van der Waals surface area (Å²) < 4.78 is 14.1. The van der Waals surface area contributed by atoms with Crippen molar-refractivity contribution < 1.29 is 9.18 Å². The molecule has 0 bridgehead atoms. The van der Waals surface area contributed by atoms with Gasteiger partial charge < -0.3 is 10.6 Å². The van der Waals surface area contributed by atoms with Crippen molar-refractivity contribution in [3.63, 3.8) is 0 Å². The molecule has 19 heavy (non-hydrogen) atoms. The maximum Gasteiger partial charge on any atom is 0.254 e. The monoisotopic (exact) mass is 265 g/mol. The van der Waals surface area contributed by atoms with E-state index in [9.17, 15) is 9.18 Å². The van der Waals surface area contributed by atoms with Gasteiger partial charge >= 0.3 is 0 Å². The number of pyridine rings is 1. The second-order valence-corrected chi connectivity index (χ2v) is 4.95. The highest BCUT2D eigenvalue weighted by Crippen LogP contribution is 2.25. The zero-order chi connectivity index (χ0) is 13.7. The highest BCUT2D eigenvalue weighted by atomic mass is 19.1. The predicted molar refractivity (Wildman–Crippen MR) is 72.6 cm³/mol. The minimum absolute atomic E-state index is 0.0629. The van der Waals surface area contributed by atoms with Crippen LogP contribution in [0.1, 0.15) is 43.0 Å². The molecular weight excluding hydrogens is 245 g/mol. The van der Waals surface area contributed by atoms with Crippen molar-refractivity contribution in [3.05, 3.63) is 23.6 Å². The molecule has 1 saturated carbocycles. The normalized spacial score (nSPS) is 14.8. The van der Waals surface area contributed by atoms with Crippen molar-refractivity contribution in [1.82, 2.24) is 10.3 Å². The average molecular weight is 265 g/mol. The molecule has 1 aromatic heterocycles. The molecule has 0 aromatic carbocycles. The number of anilines is 1. The molecular formula is C14H20FN3O. The maximum atomic E-state index is 14.1. The number of halogens is 1. The second kappa shape index (κ2) is 6.50. The molecule has 1 aliphatic rings. The van der Waals surface area contributed by atoms with Gasteiger partial charge in [0.2, 0.25) is 0 Å². The van der Waals surface area contributed by atoms with Gasteiger partial charge in [0.05, 0.1) is 5.56 Å². The fourth-order valence-electron chi connectivity index (χ4n) is 2.01. The highest BCUT2D eigenvalue weighted by molar-refractivity contribution is 5.95. The van der Waals surface area contributed by atoms with Gasteiger partial charge in [0.25, 0.3) is 5.91 Å². The van der Waals surface area contributed by atoms with Crippen LogP contribution in [0.15, 0.2) is 12.3 Å². The molecule has 0 unspecified atom stereocenters. The number of hydrogen-bond acceptors (Lipinski definition) is 3. The van der Waals surface area contributed by atoms with Gasteiger partial charge in [-0.05, 0) is 31.2 Å². The SMILES string of the molecule is CCCNc1nccc(C(=O)NCC2CCC2)c1F. The molecule has 0 aliphatic heterocycles. The summed E-state index contributed by atoms with van der Waals surface area (Å²) in [7, 11) is 0. The van der Waals surface area contributed by atoms with E-state index in [2.05, 4.69) is 15.6 Å². The Balaban J connectivity index is 1.99. The number of nitrogens with zero attached hydrogens (tertiary/aromatic N) is 1. The van der Waals surface area contributed by atoms with E-state index >= 15 is 0 Å². The third kappa shape index (κ3) is 3.43. The smallest absolute Gasteiger partial charge is 0.254 e. The van der Waals surface area contributed by atoms with Crippen LogP contribution in [0, 0.1) is 11.7 Å². The number of rotatable bonds is 6. The number of carbonyl (C=O) groups excluding carboxylic acids is 1. The minimum atomic E-state index is -0.568. The van der Waals surface area contributed by atoms with Crippen molar-refractivity contribution in [2.45, 2.75) is 32.6 Å². The predicted octanol–water partition coefficient (Wildman–Crippen LogP) is 2.57. The summed E-state index contributed by atoms with van der Waals surface area (Å²) in [5, 5.41) is 5.67. The first kappa shape index (κ1) is 13.8. The van der Waals surface area contributed by atoms with Crippen molar-refractivity contribution in [3.8, 4) is 0 Å². The summed E-state index contributed by atoms with van der Waals surface area (Å²) in [5.41, 5.74) is 0.0629. The molecule has 2 rings (SSSR count). The molecule has 0 atom stereocenters. The van der Waals surface area contributed by atoms with Gasteiger partial charge in [-0.1, -0.05) is 13.3 Å². The van der Waals surface area contributed by atoms with E-state index in [0.717, 1.165) is 19.3 Å². The van der Waals surface area contributed by atoms with E-state index in [1.807, 2.05) is 6.92 Å². The molecule has 1 amide bonds. The number of hydrogen-bond donors (Lipinski definition) is 2. The lowest BCUT2D eigenvalue weighted by atomic mass is 9.85. The number of aromatic nitrogens is 1. The Kier molecular flexibility index (Phi) is 4.71. The first-order valence-corrected chi connectivity index (χ1v) is 6.89. The Morgan fingerprint density at radius 3 is 2.95 bits per heavy atom. The summed E-state index contributed by atoms with van der Waals surface area (Å²) in [6, 6.07) is 1.42.